The molecule has 2 aromatic carbocycles. The maximum absolute atomic E-state index is 13.0. The highest BCUT2D eigenvalue weighted by Gasteiger charge is 2.48. The normalized spacial score (nSPS) is 22.7. The fourth-order valence-electron chi connectivity index (χ4n) is 4.19. The number of nitrogens with zero attached hydrogens (tertiary/aromatic N) is 3. The van der Waals surface area contributed by atoms with E-state index in [0.717, 1.165) is 17.9 Å². The summed E-state index contributed by atoms with van der Waals surface area (Å²) in [6.45, 7) is 2.26. The van der Waals surface area contributed by atoms with Gasteiger partial charge in [0.2, 0.25) is 5.91 Å². The SMILES string of the molecule is COc1ccc(C(=O)N2CCC3(C2)CN(c2ccccc2)C(=O)CN3C)cc1. The van der Waals surface area contributed by atoms with Crippen molar-refractivity contribution >= 4 is 17.5 Å². The third-order valence-electron chi connectivity index (χ3n) is 5.96. The van der Waals surface area contributed by atoms with Crippen LogP contribution in [0.5, 0.6) is 5.75 Å². The Morgan fingerprint density at radius 2 is 1.75 bits per heavy atom. The lowest BCUT2D eigenvalue weighted by molar-refractivity contribution is -0.123. The molecular formula is C22H25N3O3. The number of para-hydroxylation sites is 1. The number of piperazine rings is 1. The predicted molar refractivity (Wildman–Crippen MR) is 108 cm³/mol. The Bertz CT molecular complexity index is 868. The van der Waals surface area contributed by atoms with E-state index in [1.54, 1.807) is 19.2 Å². The van der Waals surface area contributed by atoms with Crippen molar-refractivity contribution in [3.63, 3.8) is 0 Å². The molecule has 0 N–H and O–H groups in total. The van der Waals surface area contributed by atoms with Gasteiger partial charge in [0.25, 0.3) is 5.91 Å². The van der Waals surface area contributed by atoms with Crippen LogP contribution in [0.3, 0.4) is 0 Å². The molecule has 6 heteroatoms. The molecule has 6 nitrogen and oxygen atoms in total. The highest BCUT2D eigenvalue weighted by atomic mass is 16.5. The fraction of sp³-hybridized carbons (Fsp3) is 0.364. The van der Waals surface area contributed by atoms with Gasteiger partial charge in [0.15, 0.2) is 0 Å². The van der Waals surface area contributed by atoms with Crippen LogP contribution in [0.4, 0.5) is 5.69 Å². The number of carbonyl (C=O) groups excluding carboxylic acids is 2. The molecule has 2 heterocycles. The monoisotopic (exact) mass is 379 g/mol. The largest absolute Gasteiger partial charge is 0.497 e. The molecule has 2 saturated heterocycles. The summed E-state index contributed by atoms with van der Waals surface area (Å²) >= 11 is 0. The molecule has 2 aromatic rings. The highest BCUT2D eigenvalue weighted by Crippen LogP contribution is 2.34. The number of rotatable bonds is 3. The van der Waals surface area contributed by atoms with Gasteiger partial charge in [0.1, 0.15) is 5.75 Å². The number of likely N-dealkylation sites (N-methyl/N-ethyl adjacent to an activating group) is 1. The van der Waals surface area contributed by atoms with Crippen LogP contribution in [0.15, 0.2) is 54.6 Å². The van der Waals surface area contributed by atoms with E-state index in [9.17, 15) is 9.59 Å². The van der Waals surface area contributed by atoms with Crippen LogP contribution < -0.4 is 9.64 Å². The maximum Gasteiger partial charge on any atom is 0.253 e. The molecule has 0 radical (unpaired) electrons. The molecule has 2 aliphatic heterocycles. The number of benzene rings is 2. The number of carbonyl (C=O) groups is 2. The van der Waals surface area contributed by atoms with E-state index in [2.05, 4.69) is 4.90 Å². The molecule has 0 bridgehead atoms. The van der Waals surface area contributed by atoms with Crippen LogP contribution in [0.1, 0.15) is 16.8 Å². The summed E-state index contributed by atoms with van der Waals surface area (Å²) in [4.78, 5) is 31.5. The summed E-state index contributed by atoms with van der Waals surface area (Å²) in [5.41, 5.74) is 1.36. The third kappa shape index (κ3) is 3.24. The average Bonchev–Trinajstić information content (AvgIpc) is 3.16. The number of methoxy groups -OCH3 is 1. The molecule has 146 valence electrons. The van der Waals surface area contributed by atoms with Crippen molar-refractivity contribution in [2.45, 2.75) is 12.0 Å². The van der Waals surface area contributed by atoms with Gasteiger partial charge >= 0.3 is 0 Å². The van der Waals surface area contributed by atoms with E-state index in [1.165, 1.54) is 0 Å². The lowest BCUT2D eigenvalue weighted by Gasteiger charge is -2.46. The summed E-state index contributed by atoms with van der Waals surface area (Å²) in [7, 11) is 3.60. The van der Waals surface area contributed by atoms with Gasteiger partial charge in [-0.1, -0.05) is 18.2 Å². The third-order valence-corrected chi connectivity index (χ3v) is 5.96. The first kappa shape index (κ1) is 18.5. The molecule has 2 aliphatic rings. The minimum Gasteiger partial charge on any atom is -0.497 e. The summed E-state index contributed by atoms with van der Waals surface area (Å²) in [5.74, 6) is 0.855. The summed E-state index contributed by atoms with van der Waals surface area (Å²) in [6.07, 6.45) is 0.849. The fourth-order valence-corrected chi connectivity index (χ4v) is 4.19. The predicted octanol–water partition coefficient (Wildman–Crippen LogP) is 2.26. The van der Waals surface area contributed by atoms with Crippen LogP contribution in [-0.2, 0) is 4.79 Å². The van der Waals surface area contributed by atoms with Crippen molar-refractivity contribution in [2.75, 3.05) is 45.2 Å². The molecule has 1 unspecified atom stereocenters. The molecular weight excluding hydrogens is 354 g/mol. The maximum atomic E-state index is 13.0. The zero-order valence-corrected chi connectivity index (χ0v) is 16.3. The Morgan fingerprint density at radius 3 is 2.43 bits per heavy atom. The number of likely N-dealkylation sites (tertiary alicyclic amines) is 1. The Labute approximate surface area is 165 Å². The summed E-state index contributed by atoms with van der Waals surface area (Å²) in [5, 5.41) is 0. The number of ether oxygens (including phenoxy) is 1. The van der Waals surface area contributed by atoms with E-state index in [-0.39, 0.29) is 17.4 Å². The van der Waals surface area contributed by atoms with E-state index in [1.807, 2.05) is 59.3 Å². The van der Waals surface area contributed by atoms with Gasteiger partial charge in [-0.05, 0) is 49.9 Å². The van der Waals surface area contributed by atoms with Crippen LogP contribution in [0, 0.1) is 0 Å². The molecule has 1 spiro atoms. The van der Waals surface area contributed by atoms with Gasteiger partial charge in [-0.15, -0.1) is 0 Å². The second-order valence-corrected chi connectivity index (χ2v) is 7.60. The van der Waals surface area contributed by atoms with E-state index >= 15 is 0 Å². The van der Waals surface area contributed by atoms with Gasteiger partial charge in [-0.3, -0.25) is 14.5 Å². The Kier molecular flexibility index (Phi) is 4.81. The van der Waals surface area contributed by atoms with Gasteiger partial charge < -0.3 is 14.5 Å². The summed E-state index contributed by atoms with van der Waals surface area (Å²) in [6, 6.07) is 17.0. The van der Waals surface area contributed by atoms with E-state index in [4.69, 9.17) is 4.74 Å². The Balaban J connectivity index is 1.53. The highest BCUT2D eigenvalue weighted by molar-refractivity contribution is 5.97. The molecule has 28 heavy (non-hydrogen) atoms. The van der Waals surface area contributed by atoms with Gasteiger partial charge in [0, 0.05) is 30.9 Å². The lowest BCUT2D eigenvalue weighted by Crippen LogP contribution is -2.64. The molecule has 0 aromatic heterocycles. The molecule has 0 aliphatic carbocycles. The smallest absolute Gasteiger partial charge is 0.253 e. The number of anilines is 1. The first-order valence-corrected chi connectivity index (χ1v) is 9.52. The van der Waals surface area contributed by atoms with E-state index in [0.29, 0.717) is 31.7 Å². The topological polar surface area (TPSA) is 53.1 Å². The molecule has 2 amide bonds. The average molecular weight is 379 g/mol. The molecule has 4 rings (SSSR count). The Hall–Kier alpha value is -2.86. The first-order chi connectivity index (χ1) is 13.5. The van der Waals surface area contributed by atoms with Gasteiger partial charge in [0.05, 0.1) is 19.2 Å². The van der Waals surface area contributed by atoms with Crippen LogP contribution in [0.2, 0.25) is 0 Å². The van der Waals surface area contributed by atoms with Crippen molar-refractivity contribution in [2.24, 2.45) is 0 Å². The van der Waals surface area contributed by atoms with Crippen molar-refractivity contribution in [1.82, 2.24) is 9.80 Å². The van der Waals surface area contributed by atoms with Crippen molar-refractivity contribution in [3.05, 3.63) is 60.2 Å². The first-order valence-electron chi connectivity index (χ1n) is 9.52. The van der Waals surface area contributed by atoms with Gasteiger partial charge in [-0.2, -0.15) is 0 Å². The lowest BCUT2D eigenvalue weighted by atomic mass is 9.92. The van der Waals surface area contributed by atoms with Crippen molar-refractivity contribution in [1.29, 1.82) is 0 Å². The Morgan fingerprint density at radius 1 is 1.04 bits per heavy atom. The second kappa shape index (κ2) is 7.28. The quantitative estimate of drug-likeness (QED) is 0.821. The van der Waals surface area contributed by atoms with Crippen molar-refractivity contribution in [3.8, 4) is 5.75 Å². The molecule has 2 fully saturated rings. The van der Waals surface area contributed by atoms with Gasteiger partial charge in [-0.25, -0.2) is 0 Å². The summed E-state index contributed by atoms with van der Waals surface area (Å²) < 4.78 is 5.17. The number of hydrogen-bond donors (Lipinski definition) is 0. The number of amides is 2. The molecule has 1 atom stereocenters. The minimum atomic E-state index is -0.216. The van der Waals surface area contributed by atoms with Crippen LogP contribution in [-0.4, -0.2) is 67.5 Å². The standard InChI is InChI=1S/C22H25N3O3/c1-23-14-20(26)25(18-6-4-3-5-7-18)16-22(23)12-13-24(15-22)21(27)17-8-10-19(28-2)11-9-17/h3-11H,12-16H2,1-2H3. The number of hydrogen-bond acceptors (Lipinski definition) is 4. The zero-order chi connectivity index (χ0) is 19.7. The van der Waals surface area contributed by atoms with E-state index < -0.39 is 0 Å². The van der Waals surface area contributed by atoms with Crippen LogP contribution in [0.25, 0.3) is 0 Å². The minimum absolute atomic E-state index is 0.0242. The van der Waals surface area contributed by atoms with Crippen LogP contribution >= 0.6 is 0 Å². The molecule has 0 saturated carbocycles. The van der Waals surface area contributed by atoms with Crippen molar-refractivity contribution < 1.29 is 14.3 Å². The second-order valence-electron chi connectivity index (χ2n) is 7.60. The zero-order valence-electron chi connectivity index (χ0n) is 16.3.